The molecule has 0 amide bonds. The molecule has 3 aromatic rings. The van der Waals surface area contributed by atoms with E-state index in [2.05, 4.69) is 25.9 Å². The van der Waals surface area contributed by atoms with Gasteiger partial charge < -0.3 is 15.5 Å². The highest BCUT2D eigenvalue weighted by atomic mass is 32.1. The number of rotatable bonds is 6. The fraction of sp³-hybridized carbons (Fsp3) is 0.222. The fourth-order valence-electron chi connectivity index (χ4n) is 4.29. The van der Waals surface area contributed by atoms with Crippen molar-refractivity contribution in [2.24, 2.45) is 4.99 Å². The lowest BCUT2D eigenvalue weighted by molar-refractivity contribution is -0.274. The van der Waals surface area contributed by atoms with Crippen LogP contribution in [0.5, 0.6) is 5.75 Å². The lowest BCUT2D eigenvalue weighted by Crippen LogP contribution is -2.34. The first-order valence-electron chi connectivity index (χ1n) is 11.6. The van der Waals surface area contributed by atoms with Crippen molar-refractivity contribution >= 4 is 46.3 Å². The van der Waals surface area contributed by atoms with Crippen molar-refractivity contribution in [3.63, 3.8) is 0 Å². The maximum Gasteiger partial charge on any atom is 0.573 e. The number of thiocarbonyl (C=S) groups is 1. The van der Waals surface area contributed by atoms with Gasteiger partial charge in [-0.25, -0.2) is 0 Å². The molecular weight excluding hydrogens is 499 g/mol. The van der Waals surface area contributed by atoms with Gasteiger partial charge in [-0.2, -0.15) is 0 Å². The number of fused-ring (bicyclic) bond motifs is 1. The van der Waals surface area contributed by atoms with E-state index in [0.29, 0.717) is 23.6 Å². The van der Waals surface area contributed by atoms with E-state index >= 15 is 0 Å². The van der Waals surface area contributed by atoms with Gasteiger partial charge in [-0.3, -0.25) is 15.8 Å². The van der Waals surface area contributed by atoms with E-state index in [1.54, 1.807) is 0 Å². The SMILES string of the molecule is Cc1cccc(C)c1NC(=S)NNc1ccc2c(c1)CCC(=Nc1ccc(OC(F)(F)F)cc1)C2C=N. The Balaban J connectivity index is 1.43. The van der Waals surface area contributed by atoms with Gasteiger partial charge in [-0.05, 0) is 97.6 Å². The third-order valence-electron chi connectivity index (χ3n) is 6.04. The Morgan fingerprint density at radius 2 is 1.76 bits per heavy atom. The van der Waals surface area contributed by atoms with Crippen molar-refractivity contribution < 1.29 is 17.9 Å². The van der Waals surface area contributed by atoms with Crippen LogP contribution in [0.2, 0.25) is 0 Å². The summed E-state index contributed by atoms with van der Waals surface area (Å²) < 4.78 is 41.1. The number of benzene rings is 3. The van der Waals surface area contributed by atoms with Gasteiger partial charge in [0, 0.05) is 17.6 Å². The molecule has 1 aliphatic rings. The molecule has 1 atom stereocenters. The number of nitrogens with one attached hydrogen (secondary N) is 4. The van der Waals surface area contributed by atoms with Crippen LogP contribution in [0.3, 0.4) is 0 Å². The largest absolute Gasteiger partial charge is 0.573 e. The van der Waals surface area contributed by atoms with Gasteiger partial charge in [-0.15, -0.1) is 13.2 Å². The summed E-state index contributed by atoms with van der Waals surface area (Å²) in [6, 6.07) is 17.3. The van der Waals surface area contributed by atoms with Crippen molar-refractivity contribution in [1.82, 2.24) is 5.43 Å². The van der Waals surface area contributed by atoms with E-state index in [9.17, 15) is 13.2 Å². The number of hydrogen-bond donors (Lipinski definition) is 4. The predicted molar refractivity (Wildman–Crippen MR) is 145 cm³/mol. The first kappa shape index (κ1) is 26.2. The molecule has 0 heterocycles. The highest BCUT2D eigenvalue weighted by Gasteiger charge is 2.31. The van der Waals surface area contributed by atoms with Crippen molar-refractivity contribution in [3.8, 4) is 5.75 Å². The molecule has 37 heavy (non-hydrogen) atoms. The fourth-order valence-corrected chi connectivity index (χ4v) is 4.44. The molecule has 0 saturated carbocycles. The number of aryl methyl sites for hydroxylation is 3. The van der Waals surface area contributed by atoms with Crippen LogP contribution >= 0.6 is 12.2 Å². The number of anilines is 2. The molecule has 192 valence electrons. The molecule has 4 N–H and O–H groups in total. The smallest absolute Gasteiger partial charge is 0.406 e. The molecule has 3 aromatic carbocycles. The first-order valence-corrected chi connectivity index (χ1v) is 12.0. The van der Waals surface area contributed by atoms with E-state index in [-0.39, 0.29) is 11.7 Å². The summed E-state index contributed by atoms with van der Waals surface area (Å²) in [5.41, 5.74) is 13.5. The predicted octanol–water partition coefficient (Wildman–Crippen LogP) is 6.97. The third kappa shape index (κ3) is 6.65. The summed E-state index contributed by atoms with van der Waals surface area (Å²) in [5, 5.41) is 11.6. The third-order valence-corrected chi connectivity index (χ3v) is 6.24. The van der Waals surface area contributed by atoms with E-state index in [1.807, 2.05) is 50.2 Å². The van der Waals surface area contributed by atoms with Crippen LogP contribution in [0, 0.1) is 19.3 Å². The van der Waals surface area contributed by atoms with Crippen molar-refractivity contribution in [1.29, 1.82) is 5.41 Å². The summed E-state index contributed by atoms with van der Waals surface area (Å²) in [5.74, 6) is -0.616. The van der Waals surface area contributed by atoms with Gasteiger partial charge in [0.25, 0.3) is 0 Å². The molecule has 1 aliphatic carbocycles. The highest BCUT2D eigenvalue weighted by Crippen LogP contribution is 2.33. The summed E-state index contributed by atoms with van der Waals surface area (Å²) >= 11 is 5.43. The van der Waals surface area contributed by atoms with E-state index in [1.165, 1.54) is 30.5 Å². The van der Waals surface area contributed by atoms with E-state index in [4.69, 9.17) is 17.6 Å². The molecule has 0 aliphatic heterocycles. The Morgan fingerprint density at radius 1 is 1.05 bits per heavy atom. The zero-order chi connectivity index (χ0) is 26.6. The Hall–Kier alpha value is -3.92. The normalized spacial score (nSPS) is 16.0. The summed E-state index contributed by atoms with van der Waals surface area (Å²) in [4.78, 5) is 4.62. The topological polar surface area (TPSA) is 81.5 Å². The molecule has 0 saturated heterocycles. The second-order valence-electron chi connectivity index (χ2n) is 8.67. The van der Waals surface area contributed by atoms with Crippen molar-refractivity contribution in [2.75, 3.05) is 10.7 Å². The number of hydrazine groups is 1. The van der Waals surface area contributed by atoms with Crippen molar-refractivity contribution in [3.05, 3.63) is 82.9 Å². The summed E-state index contributed by atoms with van der Waals surface area (Å²) in [6.07, 6.45) is -2.06. The van der Waals surface area contributed by atoms with Gasteiger partial charge in [0.05, 0.1) is 17.3 Å². The van der Waals surface area contributed by atoms with Crippen LogP contribution in [0.1, 0.15) is 34.6 Å². The molecule has 0 radical (unpaired) electrons. The summed E-state index contributed by atoms with van der Waals surface area (Å²) in [7, 11) is 0. The molecule has 0 fully saturated rings. The number of para-hydroxylation sites is 1. The number of hydrogen-bond acceptors (Lipinski definition) is 5. The van der Waals surface area contributed by atoms with Crippen LogP contribution in [0.25, 0.3) is 0 Å². The average molecular weight is 526 g/mol. The number of ether oxygens (including phenoxy) is 1. The number of nitrogens with zero attached hydrogens (tertiary/aromatic N) is 1. The lowest BCUT2D eigenvalue weighted by atomic mass is 9.81. The molecule has 0 bridgehead atoms. The number of halogens is 3. The highest BCUT2D eigenvalue weighted by molar-refractivity contribution is 7.80. The van der Waals surface area contributed by atoms with Gasteiger partial charge >= 0.3 is 6.36 Å². The van der Waals surface area contributed by atoms with Gasteiger partial charge in [0.2, 0.25) is 0 Å². The number of aliphatic imine (C=N–C) groups is 1. The Labute approximate surface area is 218 Å². The monoisotopic (exact) mass is 525 g/mol. The van der Waals surface area contributed by atoms with Crippen LogP contribution in [0.4, 0.5) is 30.2 Å². The number of alkyl halides is 3. The zero-order valence-electron chi connectivity index (χ0n) is 20.2. The maximum absolute atomic E-state index is 12.4. The second kappa shape index (κ2) is 11.0. The molecule has 10 heteroatoms. The molecular formula is C27H26F3N5OS. The second-order valence-corrected chi connectivity index (χ2v) is 9.08. The Morgan fingerprint density at radius 3 is 2.41 bits per heavy atom. The minimum Gasteiger partial charge on any atom is -0.406 e. The lowest BCUT2D eigenvalue weighted by Gasteiger charge is -2.25. The minimum absolute atomic E-state index is 0.300. The van der Waals surface area contributed by atoms with Gasteiger partial charge in [0.1, 0.15) is 5.75 Å². The standard InChI is InChI=1S/C27H26F3N5OS/c1-16-4-3-5-17(2)25(16)33-26(37)35-34-20-9-12-22-18(14-20)6-13-24(23(22)15-31)32-19-7-10-21(11-8-19)36-27(28,29)30/h3-5,7-12,14-15,23,31,34H,6,13H2,1-2H3,(H2,33,35,37). The van der Waals surface area contributed by atoms with E-state index < -0.39 is 6.36 Å². The van der Waals surface area contributed by atoms with Crippen molar-refractivity contribution in [2.45, 2.75) is 39.0 Å². The quantitative estimate of drug-likeness (QED) is 0.159. The Kier molecular flexibility index (Phi) is 7.77. The summed E-state index contributed by atoms with van der Waals surface area (Å²) in [6.45, 7) is 4.03. The molecule has 0 aromatic heterocycles. The van der Waals surface area contributed by atoms with Gasteiger partial charge in [-0.1, -0.05) is 24.3 Å². The molecule has 4 rings (SSSR count). The molecule has 1 unspecified atom stereocenters. The Bertz CT molecular complexity index is 1320. The van der Waals surface area contributed by atoms with Gasteiger partial charge in [0.15, 0.2) is 5.11 Å². The minimum atomic E-state index is -4.74. The van der Waals surface area contributed by atoms with Crippen LogP contribution in [-0.2, 0) is 6.42 Å². The first-order chi connectivity index (χ1) is 17.6. The maximum atomic E-state index is 12.4. The zero-order valence-corrected chi connectivity index (χ0v) is 21.1. The van der Waals surface area contributed by atoms with Crippen LogP contribution < -0.4 is 20.9 Å². The molecule has 6 nitrogen and oxygen atoms in total. The van der Waals surface area contributed by atoms with E-state index in [0.717, 1.165) is 39.3 Å². The average Bonchev–Trinajstić information content (AvgIpc) is 2.85. The van der Waals surface area contributed by atoms with Crippen LogP contribution in [-0.4, -0.2) is 23.4 Å². The molecule has 0 spiro atoms. The van der Waals surface area contributed by atoms with Crippen LogP contribution in [0.15, 0.2) is 65.7 Å².